The zero-order valence-electron chi connectivity index (χ0n) is 11.6. The number of rotatable bonds is 6. The predicted octanol–water partition coefficient (Wildman–Crippen LogP) is 4.08. The summed E-state index contributed by atoms with van der Waals surface area (Å²) >= 11 is 6.07. The molecule has 4 heteroatoms. The number of hydrogen-bond acceptors (Lipinski definition) is 3. The fourth-order valence-corrected chi connectivity index (χ4v) is 2.95. The van der Waals surface area contributed by atoms with Crippen LogP contribution in [-0.2, 0) is 0 Å². The Balaban J connectivity index is 2.04. The van der Waals surface area contributed by atoms with Crippen molar-refractivity contribution in [2.75, 3.05) is 17.8 Å². The van der Waals surface area contributed by atoms with Crippen molar-refractivity contribution in [3.05, 3.63) is 18.3 Å². The Hall–Kier alpha value is -0.960. The van der Waals surface area contributed by atoms with Crippen LogP contribution in [-0.4, -0.2) is 23.5 Å². The zero-order valence-corrected chi connectivity index (χ0v) is 12.3. The smallest absolute Gasteiger partial charge is 0.168 e. The van der Waals surface area contributed by atoms with E-state index in [-0.39, 0.29) is 0 Å². The van der Waals surface area contributed by atoms with E-state index in [0.717, 1.165) is 30.5 Å². The van der Waals surface area contributed by atoms with Crippen LogP contribution in [0.2, 0.25) is 0 Å². The third-order valence-corrected chi connectivity index (χ3v) is 4.06. The molecule has 2 rings (SSSR count). The number of ether oxygens (including phenoxy) is 1. The maximum absolute atomic E-state index is 6.07. The average Bonchev–Trinajstić information content (AvgIpc) is 2.47. The summed E-state index contributed by atoms with van der Waals surface area (Å²) in [5, 5.41) is 3.54. The van der Waals surface area contributed by atoms with Crippen molar-refractivity contribution >= 4 is 17.4 Å². The van der Waals surface area contributed by atoms with Gasteiger partial charge in [0.25, 0.3) is 0 Å². The summed E-state index contributed by atoms with van der Waals surface area (Å²) in [7, 11) is 0. The Kier molecular flexibility index (Phi) is 5.77. The van der Waals surface area contributed by atoms with E-state index in [1.807, 2.05) is 12.1 Å². The predicted molar refractivity (Wildman–Crippen MR) is 80.1 cm³/mol. The quantitative estimate of drug-likeness (QED) is 0.798. The SMILES string of the molecule is CCCOc1cccnc1NC1CCCCC1CCl. The molecule has 1 heterocycles. The molecule has 0 saturated heterocycles. The van der Waals surface area contributed by atoms with Crippen molar-refractivity contribution in [1.29, 1.82) is 0 Å². The number of pyridine rings is 1. The lowest BCUT2D eigenvalue weighted by atomic mass is 9.86. The van der Waals surface area contributed by atoms with Crippen molar-refractivity contribution in [3.63, 3.8) is 0 Å². The van der Waals surface area contributed by atoms with Gasteiger partial charge >= 0.3 is 0 Å². The first-order valence-electron chi connectivity index (χ1n) is 7.25. The van der Waals surface area contributed by atoms with Gasteiger partial charge < -0.3 is 10.1 Å². The highest BCUT2D eigenvalue weighted by molar-refractivity contribution is 6.18. The lowest BCUT2D eigenvalue weighted by Crippen LogP contribution is -2.33. The Morgan fingerprint density at radius 3 is 3.05 bits per heavy atom. The normalized spacial score (nSPS) is 23.1. The lowest BCUT2D eigenvalue weighted by Gasteiger charge is -2.31. The van der Waals surface area contributed by atoms with E-state index in [1.54, 1.807) is 6.20 Å². The van der Waals surface area contributed by atoms with Crippen molar-refractivity contribution in [2.24, 2.45) is 5.92 Å². The molecule has 106 valence electrons. The maximum atomic E-state index is 6.07. The van der Waals surface area contributed by atoms with Gasteiger partial charge in [-0.15, -0.1) is 11.6 Å². The Morgan fingerprint density at radius 2 is 2.26 bits per heavy atom. The second-order valence-electron chi connectivity index (χ2n) is 5.15. The topological polar surface area (TPSA) is 34.1 Å². The highest BCUT2D eigenvalue weighted by atomic mass is 35.5. The minimum absolute atomic E-state index is 0.421. The molecule has 0 spiro atoms. The van der Waals surface area contributed by atoms with E-state index in [0.29, 0.717) is 12.0 Å². The number of hydrogen-bond donors (Lipinski definition) is 1. The summed E-state index contributed by atoms with van der Waals surface area (Å²) in [5.41, 5.74) is 0. The number of halogens is 1. The van der Waals surface area contributed by atoms with Gasteiger partial charge in [0, 0.05) is 18.1 Å². The van der Waals surface area contributed by atoms with Gasteiger partial charge in [-0.25, -0.2) is 4.98 Å². The van der Waals surface area contributed by atoms with Gasteiger partial charge in [-0.05, 0) is 37.3 Å². The molecule has 19 heavy (non-hydrogen) atoms. The van der Waals surface area contributed by atoms with Gasteiger partial charge in [0.15, 0.2) is 11.6 Å². The molecular weight excluding hydrogens is 260 g/mol. The second-order valence-corrected chi connectivity index (χ2v) is 5.46. The standard InChI is InChI=1S/C15H23ClN2O/c1-2-10-19-14-8-5-9-17-15(14)18-13-7-4-3-6-12(13)11-16/h5,8-9,12-13H,2-4,6-7,10-11H2,1H3,(H,17,18). The van der Waals surface area contributed by atoms with Gasteiger partial charge in [-0.2, -0.15) is 0 Å². The molecular formula is C15H23ClN2O. The lowest BCUT2D eigenvalue weighted by molar-refractivity contribution is 0.314. The van der Waals surface area contributed by atoms with Gasteiger partial charge in [-0.1, -0.05) is 19.8 Å². The van der Waals surface area contributed by atoms with Crippen molar-refractivity contribution < 1.29 is 4.74 Å². The van der Waals surface area contributed by atoms with Gasteiger partial charge in [0.05, 0.1) is 6.61 Å². The first-order chi connectivity index (χ1) is 9.35. The van der Waals surface area contributed by atoms with E-state index in [2.05, 4.69) is 17.2 Å². The third-order valence-electron chi connectivity index (χ3n) is 3.66. The minimum atomic E-state index is 0.421. The van der Waals surface area contributed by atoms with Crippen LogP contribution in [0.4, 0.5) is 5.82 Å². The minimum Gasteiger partial charge on any atom is -0.490 e. The molecule has 2 atom stereocenters. The van der Waals surface area contributed by atoms with Crippen LogP contribution in [0, 0.1) is 5.92 Å². The number of nitrogens with one attached hydrogen (secondary N) is 1. The fraction of sp³-hybridized carbons (Fsp3) is 0.667. The number of aromatic nitrogens is 1. The van der Waals surface area contributed by atoms with Crippen molar-refractivity contribution in [2.45, 2.75) is 45.1 Å². The summed E-state index contributed by atoms with van der Waals surface area (Å²) in [6.45, 7) is 2.83. The second kappa shape index (κ2) is 7.59. The van der Waals surface area contributed by atoms with Gasteiger partial charge in [0.2, 0.25) is 0 Å². The highest BCUT2D eigenvalue weighted by Gasteiger charge is 2.25. The molecule has 0 aromatic carbocycles. The Labute approximate surface area is 120 Å². The van der Waals surface area contributed by atoms with E-state index in [9.17, 15) is 0 Å². The number of alkyl halides is 1. The van der Waals surface area contributed by atoms with Crippen LogP contribution in [0.5, 0.6) is 5.75 Å². The molecule has 1 saturated carbocycles. The van der Waals surface area contributed by atoms with E-state index in [4.69, 9.17) is 16.3 Å². The molecule has 0 aliphatic heterocycles. The fourth-order valence-electron chi connectivity index (χ4n) is 2.59. The molecule has 1 fully saturated rings. The maximum Gasteiger partial charge on any atom is 0.168 e. The summed E-state index contributed by atoms with van der Waals surface area (Å²) in [6.07, 6.45) is 7.74. The molecule has 1 N–H and O–H groups in total. The van der Waals surface area contributed by atoms with Crippen LogP contribution in [0.25, 0.3) is 0 Å². The van der Waals surface area contributed by atoms with Gasteiger partial charge in [0.1, 0.15) is 0 Å². The molecule has 1 aromatic heterocycles. The summed E-state index contributed by atoms with van der Waals surface area (Å²) in [4.78, 5) is 4.42. The van der Waals surface area contributed by atoms with Crippen LogP contribution in [0.15, 0.2) is 18.3 Å². The van der Waals surface area contributed by atoms with Gasteiger partial charge in [-0.3, -0.25) is 0 Å². The number of nitrogens with zero attached hydrogens (tertiary/aromatic N) is 1. The average molecular weight is 283 g/mol. The van der Waals surface area contributed by atoms with Crippen molar-refractivity contribution in [3.8, 4) is 5.75 Å². The number of anilines is 1. The molecule has 1 aliphatic rings. The molecule has 3 nitrogen and oxygen atoms in total. The summed E-state index contributed by atoms with van der Waals surface area (Å²) in [5.74, 6) is 2.97. The summed E-state index contributed by atoms with van der Waals surface area (Å²) in [6, 6.07) is 4.31. The van der Waals surface area contributed by atoms with E-state index < -0.39 is 0 Å². The Morgan fingerprint density at radius 1 is 1.42 bits per heavy atom. The Bertz CT molecular complexity index is 386. The third kappa shape index (κ3) is 4.00. The van der Waals surface area contributed by atoms with Crippen molar-refractivity contribution in [1.82, 2.24) is 4.98 Å². The van der Waals surface area contributed by atoms with Crippen LogP contribution in [0.3, 0.4) is 0 Å². The molecule has 0 amide bonds. The molecule has 2 unspecified atom stereocenters. The van der Waals surface area contributed by atoms with E-state index in [1.165, 1.54) is 25.7 Å². The molecule has 0 radical (unpaired) electrons. The highest BCUT2D eigenvalue weighted by Crippen LogP contribution is 2.30. The first-order valence-corrected chi connectivity index (χ1v) is 7.79. The monoisotopic (exact) mass is 282 g/mol. The van der Waals surface area contributed by atoms with Crippen LogP contribution < -0.4 is 10.1 Å². The molecule has 1 aromatic rings. The zero-order chi connectivity index (χ0) is 13.5. The summed E-state index contributed by atoms with van der Waals surface area (Å²) < 4.78 is 5.74. The van der Waals surface area contributed by atoms with Crippen LogP contribution in [0.1, 0.15) is 39.0 Å². The molecule has 1 aliphatic carbocycles. The largest absolute Gasteiger partial charge is 0.490 e. The first kappa shape index (κ1) is 14.4. The molecule has 0 bridgehead atoms. The van der Waals surface area contributed by atoms with E-state index >= 15 is 0 Å². The van der Waals surface area contributed by atoms with Crippen LogP contribution >= 0.6 is 11.6 Å².